The van der Waals surface area contributed by atoms with Gasteiger partial charge in [-0.2, -0.15) is 0 Å². The molecule has 0 radical (unpaired) electrons. The highest BCUT2D eigenvalue weighted by atomic mass is 79.9. The Labute approximate surface area is 108 Å². The van der Waals surface area contributed by atoms with Crippen LogP contribution in [0.15, 0.2) is 16.6 Å². The summed E-state index contributed by atoms with van der Waals surface area (Å²) < 4.78 is 3.07. The molecule has 0 bridgehead atoms. The highest BCUT2D eigenvalue weighted by Crippen LogP contribution is 2.35. The molecular weight excluding hydrogens is 288 g/mol. The van der Waals surface area contributed by atoms with Gasteiger partial charge in [-0.1, -0.05) is 11.6 Å². The van der Waals surface area contributed by atoms with E-state index >= 15 is 0 Å². The molecule has 16 heavy (non-hydrogen) atoms. The van der Waals surface area contributed by atoms with Gasteiger partial charge in [0.05, 0.1) is 10.5 Å². The number of hydrogen-bond donors (Lipinski definition) is 0. The minimum atomic E-state index is 0.718. The van der Waals surface area contributed by atoms with Crippen LogP contribution in [-0.2, 0) is 13.5 Å². The summed E-state index contributed by atoms with van der Waals surface area (Å²) in [5, 5.41) is 0.718. The first-order valence-electron chi connectivity index (χ1n) is 5.46. The lowest BCUT2D eigenvalue weighted by Gasteiger charge is -2.00. The van der Waals surface area contributed by atoms with Crippen molar-refractivity contribution in [1.82, 2.24) is 9.55 Å². The fourth-order valence-corrected chi connectivity index (χ4v) is 2.53. The van der Waals surface area contributed by atoms with Crippen LogP contribution < -0.4 is 0 Å². The molecule has 0 aliphatic heterocycles. The highest BCUT2D eigenvalue weighted by Gasteiger charge is 2.24. The molecule has 1 aliphatic carbocycles. The van der Waals surface area contributed by atoms with Crippen molar-refractivity contribution >= 4 is 38.6 Å². The molecule has 0 spiro atoms. The Kier molecular flexibility index (Phi) is 2.48. The zero-order chi connectivity index (χ0) is 11.3. The largest absolute Gasteiger partial charge is 0.331 e. The molecular formula is C12H12BrClN2. The number of hydrogen-bond acceptors (Lipinski definition) is 1. The zero-order valence-electron chi connectivity index (χ0n) is 9.00. The summed E-state index contributed by atoms with van der Waals surface area (Å²) in [5.74, 6) is 2.00. The van der Waals surface area contributed by atoms with E-state index in [-0.39, 0.29) is 0 Å². The maximum Gasteiger partial charge on any atom is 0.109 e. The number of rotatable bonds is 2. The Hall–Kier alpha value is -0.540. The van der Waals surface area contributed by atoms with Gasteiger partial charge in [0, 0.05) is 17.9 Å². The number of fused-ring (bicyclic) bond motifs is 1. The molecule has 0 amide bonds. The summed E-state index contributed by atoms with van der Waals surface area (Å²) in [5.41, 5.74) is 2.03. The number of aryl methyl sites for hydroxylation is 1. The SMILES string of the molecule is Cn1c(CC2CC2)nc2c(Cl)c(Br)ccc21. The molecule has 1 aromatic carbocycles. The summed E-state index contributed by atoms with van der Waals surface area (Å²) in [6.45, 7) is 0. The Bertz CT molecular complexity index is 558. The summed E-state index contributed by atoms with van der Waals surface area (Å²) in [6, 6.07) is 4.04. The standard InChI is InChI=1S/C12H12BrClN2/c1-16-9-5-4-8(13)11(14)12(9)15-10(16)6-7-2-3-7/h4-5,7H,2-3,6H2,1H3. The van der Waals surface area contributed by atoms with Crippen molar-refractivity contribution in [2.75, 3.05) is 0 Å². The lowest BCUT2D eigenvalue weighted by Crippen LogP contribution is -1.98. The first kappa shape index (κ1) is 10.6. The molecule has 0 N–H and O–H groups in total. The maximum atomic E-state index is 6.24. The number of imidazole rings is 1. The van der Waals surface area contributed by atoms with Crippen molar-refractivity contribution in [2.24, 2.45) is 13.0 Å². The van der Waals surface area contributed by atoms with E-state index in [1.54, 1.807) is 0 Å². The van der Waals surface area contributed by atoms with Crippen LogP contribution in [0, 0.1) is 5.92 Å². The number of benzene rings is 1. The molecule has 1 aliphatic rings. The minimum absolute atomic E-state index is 0.718. The Morgan fingerprint density at radius 1 is 1.50 bits per heavy atom. The molecule has 2 aromatic rings. The van der Waals surface area contributed by atoms with Crippen LogP contribution in [0.4, 0.5) is 0 Å². The lowest BCUT2D eigenvalue weighted by atomic mass is 10.3. The third-order valence-electron chi connectivity index (χ3n) is 3.21. The average Bonchev–Trinajstić information content (AvgIpc) is 3.01. The lowest BCUT2D eigenvalue weighted by molar-refractivity contribution is 0.727. The fraction of sp³-hybridized carbons (Fsp3) is 0.417. The van der Waals surface area contributed by atoms with E-state index in [0.717, 1.165) is 38.7 Å². The quantitative estimate of drug-likeness (QED) is 0.821. The van der Waals surface area contributed by atoms with Gasteiger partial charge in [0.15, 0.2) is 0 Å². The smallest absolute Gasteiger partial charge is 0.109 e. The fourth-order valence-electron chi connectivity index (χ4n) is 2.01. The highest BCUT2D eigenvalue weighted by molar-refractivity contribution is 9.10. The maximum absolute atomic E-state index is 6.24. The summed E-state index contributed by atoms with van der Waals surface area (Å²) >= 11 is 9.67. The number of halogens is 2. The summed E-state index contributed by atoms with van der Waals surface area (Å²) in [6.07, 6.45) is 3.78. The van der Waals surface area contributed by atoms with Crippen LogP contribution in [0.25, 0.3) is 11.0 Å². The molecule has 84 valence electrons. The van der Waals surface area contributed by atoms with E-state index in [4.69, 9.17) is 11.6 Å². The van der Waals surface area contributed by atoms with E-state index in [1.807, 2.05) is 6.07 Å². The van der Waals surface area contributed by atoms with E-state index in [2.05, 4.69) is 38.6 Å². The van der Waals surface area contributed by atoms with Crippen LogP contribution in [0.2, 0.25) is 5.02 Å². The Morgan fingerprint density at radius 2 is 2.25 bits per heavy atom. The normalized spacial score (nSPS) is 15.9. The molecule has 1 aromatic heterocycles. The van der Waals surface area contributed by atoms with E-state index in [0.29, 0.717) is 0 Å². The molecule has 2 nitrogen and oxygen atoms in total. The van der Waals surface area contributed by atoms with Gasteiger partial charge in [-0.3, -0.25) is 0 Å². The second kappa shape index (κ2) is 3.74. The van der Waals surface area contributed by atoms with Crippen molar-refractivity contribution in [3.63, 3.8) is 0 Å². The average molecular weight is 300 g/mol. The zero-order valence-corrected chi connectivity index (χ0v) is 11.3. The molecule has 1 heterocycles. The van der Waals surface area contributed by atoms with Gasteiger partial charge in [-0.25, -0.2) is 4.98 Å². The van der Waals surface area contributed by atoms with E-state index in [1.165, 1.54) is 12.8 Å². The van der Waals surface area contributed by atoms with Crippen molar-refractivity contribution in [3.8, 4) is 0 Å². The summed E-state index contributed by atoms with van der Waals surface area (Å²) in [7, 11) is 2.07. The van der Waals surface area contributed by atoms with Crippen LogP contribution >= 0.6 is 27.5 Å². The first-order valence-corrected chi connectivity index (χ1v) is 6.63. The molecule has 0 unspecified atom stereocenters. The Morgan fingerprint density at radius 3 is 2.94 bits per heavy atom. The second-order valence-corrected chi connectivity index (χ2v) is 5.70. The van der Waals surface area contributed by atoms with Gasteiger partial charge in [0.1, 0.15) is 11.3 Å². The molecule has 3 rings (SSSR count). The minimum Gasteiger partial charge on any atom is -0.331 e. The van der Waals surface area contributed by atoms with Crippen molar-refractivity contribution in [3.05, 3.63) is 27.5 Å². The van der Waals surface area contributed by atoms with Crippen LogP contribution in [0.1, 0.15) is 18.7 Å². The third-order valence-corrected chi connectivity index (χ3v) is 4.48. The molecule has 0 saturated heterocycles. The van der Waals surface area contributed by atoms with Crippen LogP contribution in [-0.4, -0.2) is 9.55 Å². The van der Waals surface area contributed by atoms with Crippen molar-refractivity contribution in [2.45, 2.75) is 19.3 Å². The predicted octanol–water partition coefficient (Wildman–Crippen LogP) is 3.94. The van der Waals surface area contributed by atoms with Gasteiger partial charge >= 0.3 is 0 Å². The molecule has 1 fully saturated rings. The van der Waals surface area contributed by atoms with Gasteiger partial charge < -0.3 is 4.57 Å². The van der Waals surface area contributed by atoms with E-state index in [9.17, 15) is 0 Å². The number of nitrogens with zero attached hydrogens (tertiary/aromatic N) is 2. The van der Waals surface area contributed by atoms with Gasteiger partial charge in [-0.05, 0) is 46.8 Å². The predicted molar refractivity (Wildman–Crippen MR) is 69.9 cm³/mol. The number of aromatic nitrogens is 2. The molecule has 0 atom stereocenters. The third kappa shape index (κ3) is 1.66. The molecule has 1 saturated carbocycles. The van der Waals surface area contributed by atoms with Gasteiger partial charge in [0.25, 0.3) is 0 Å². The van der Waals surface area contributed by atoms with Crippen LogP contribution in [0.5, 0.6) is 0 Å². The van der Waals surface area contributed by atoms with E-state index < -0.39 is 0 Å². The van der Waals surface area contributed by atoms with Gasteiger partial charge in [-0.15, -0.1) is 0 Å². The summed E-state index contributed by atoms with van der Waals surface area (Å²) in [4.78, 5) is 4.65. The Balaban J connectivity index is 2.16. The van der Waals surface area contributed by atoms with Crippen molar-refractivity contribution < 1.29 is 0 Å². The van der Waals surface area contributed by atoms with Crippen molar-refractivity contribution in [1.29, 1.82) is 0 Å². The van der Waals surface area contributed by atoms with Gasteiger partial charge in [0.2, 0.25) is 0 Å². The monoisotopic (exact) mass is 298 g/mol. The second-order valence-electron chi connectivity index (χ2n) is 4.46. The topological polar surface area (TPSA) is 17.8 Å². The van der Waals surface area contributed by atoms with Crippen LogP contribution in [0.3, 0.4) is 0 Å². The molecule has 4 heteroatoms. The first-order chi connectivity index (χ1) is 7.66.